The van der Waals surface area contributed by atoms with Crippen molar-refractivity contribution < 1.29 is 9.42 Å². The minimum Gasteiger partial charge on any atom is -0.378 e. The van der Waals surface area contributed by atoms with Crippen LogP contribution in [-0.2, 0) is 12.8 Å². The van der Waals surface area contributed by atoms with Crippen LogP contribution < -0.4 is 11.2 Å². The van der Waals surface area contributed by atoms with Gasteiger partial charge in [-0.2, -0.15) is 9.78 Å². The standard InChI is InChI=1S/C17H19N11O2S2/c1-8-5-11(10(3)32-8)9(2)20-22-16(29)13-12(6-31-17-23-19-7-27(17)4)28(26-21-13)15-14(18)24-30-25-15/h5,7H,6H2,1-4H3,(H2,18,24)(H,22,29)/b20-9-. The fourth-order valence-electron chi connectivity index (χ4n) is 2.89. The molecule has 0 aliphatic heterocycles. The van der Waals surface area contributed by atoms with Crippen LogP contribution in [0, 0.1) is 13.8 Å². The third kappa shape index (κ3) is 4.24. The maximum absolute atomic E-state index is 12.9. The second-order valence-corrected chi connectivity index (χ2v) is 9.15. The van der Waals surface area contributed by atoms with Gasteiger partial charge in [-0.25, -0.2) is 10.1 Å². The molecular weight excluding hydrogens is 454 g/mol. The quantitative estimate of drug-likeness (QED) is 0.228. The van der Waals surface area contributed by atoms with Crippen molar-refractivity contribution in [1.82, 2.24) is 45.5 Å². The highest BCUT2D eigenvalue weighted by Crippen LogP contribution is 2.25. The van der Waals surface area contributed by atoms with Crippen LogP contribution >= 0.6 is 23.1 Å². The van der Waals surface area contributed by atoms with Gasteiger partial charge < -0.3 is 10.3 Å². The number of rotatable bonds is 7. The van der Waals surface area contributed by atoms with Crippen molar-refractivity contribution in [3.05, 3.63) is 39.1 Å². The molecule has 4 rings (SSSR count). The Hall–Kier alpha value is -3.59. The van der Waals surface area contributed by atoms with Gasteiger partial charge in [-0.1, -0.05) is 17.0 Å². The molecule has 0 aliphatic rings. The van der Waals surface area contributed by atoms with Crippen molar-refractivity contribution in [2.24, 2.45) is 12.1 Å². The summed E-state index contributed by atoms with van der Waals surface area (Å²) in [4.78, 5) is 15.2. The van der Waals surface area contributed by atoms with E-state index in [0.717, 1.165) is 10.4 Å². The summed E-state index contributed by atoms with van der Waals surface area (Å²) in [6.45, 7) is 5.87. The first-order valence-electron chi connectivity index (χ1n) is 9.27. The minimum absolute atomic E-state index is 0.0175. The number of hydrogen-bond donors (Lipinski definition) is 2. The molecule has 15 heteroatoms. The van der Waals surface area contributed by atoms with Gasteiger partial charge in [-0.15, -0.1) is 26.6 Å². The van der Waals surface area contributed by atoms with E-state index in [4.69, 9.17) is 5.73 Å². The smallest absolute Gasteiger partial charge is 0.293 e. The number of aryl methyl sites for hydroxylation is 3. The Morgan fingerprint density at radius 2 is 2.16 bits per heavy atom. The summed E-state index contributed by atoms with van der Waals surface area (Å²) < 4.78 is 7.73. The molecule has 3 N–H and O–H groups in total. The van der Waals surface area contributed by atoms with Gasteiger partial charge >= 0.3 is 0 Å². The minimum atomic E-state index is -0.524. The molecule has 0 unspecified atom stereocenters. The van der Waals surface area contributed by atoms with Crippen LogP contribution in [0.3, 0.4) is 0 Å². The van der Waals surface area contributed by atoms with Crippen LogP contribution in [0.2, 0.25) is 0 Å². The highest BCUT2D eigenvalue weighted by atomic mass is 32.2. The third-order valence-electron chi connectivity index (χ3n) is 4.44. The van der Waals surface area contributed by atoms with E-state index in [2.05, 4.69) is 46.0 Å². The fraction of sp³-hybridized carbons (Fsp3) is 0.294. The number of aromatic nitrogens is 8. The van der Waals surface area contributed by atoms with Crippen LogP contribution in [-0.4, -0.2) is 51.7 Å². The zero-order chi connectivity index (χ0) is 22.8. The summed E-state index contributed by atoms with van der Waals surface area (Å²) in [5, 5.41) is 28.1. The van der Waals surface area contributed by atoms with Crippen LogP contribution in [0.5, 0.6) is 0 Å². The molecule has 0 aliphatic carbocycles. The Morgan fingerprint density at radius 3 is 2.78 bits per heavy atom. The van der Waals surface area contributed by atoms with E-state index in [-0.39, 0.29) is 23.1 Å². The Balaban J connectivity index is 1.62. The number of carbonyl (C=O) groups excluding carboxylic acids is 1. The monoisotopic (exact) mass is 473 g/mol. The van der Waals surface area contributed by atoms with Crippen molar-refractivity contribution >= 4 is 40.5 Å². The van der Waals surface area contributed by atoms with E-state index >= 15 is 0 Å². The van der Waals surface area contributed by atoms with Gasteiger partial charge in [-0.3, -0.25) is 4.79 Å². The molecule has 4 aromatic rings. The number of anilines is 1. The molecular formula is C17H19N11O2S2. The van der Waals surface area contributed by atoms with E-state index < -0.39 is 5.91 Å². The van der Waals surface area contributed by atoms with Crippen molar-refractivity contribution in [3.8, 4) is 5.82 Å². The summed E-state index contributed by atoms with van der Waals surface area (Å²) >= 11 is 3.01. The molecule has 13 nitrogen and oxygen atoms in total. The molecule has 0 radical (unpaired) electrons. The zero-order valence-corrected chi connectivity index (χ0v) is 19.2. The molecule has 0 fully saturated rings. The molecule has 4 heterocycles. The van der Waals surface area contributed by atoms with Crippen LogP contribution in [0.4, 0.5) is 5.82 Å². The lowest BCUT2D eigenvalue weighted by Gasteiger charge is -2.06. The number of nitrogens with two attached hydrogens (primary N) is 1. The molecule has 0 saturated carbocycles. The molecule has 0 saturated heterocycles. The number of carbonyl (C=O) groups is 1. The average Bonchev–Trinajstić information content (AvgIpc) is 3.52. The Morgan fingerprint density at radius 1 is 1.34 bits per heavy atom. The molecule has 0 bridgehead atoms. The molecule has 1 amide bonds. The first kappa shape index (κ1) is 21.6. The van der Waals surface area contributed by atoms with Gasteiger partial charge in [0.05, 0.1) is 11.4 Å². The van der Waals surface area contributed by atoms with Gasteiger partial charge in [0, 0.05) is 28.1 Å². The molecule has 0 spiro atoms. The van der Waals surface area contributed by atoms with Crippen molar-refractivity contribution in [2.75, 3.05) is 5.73 Å². The van der Waals surface area contributed by atoms with E-state index in [9.17, 15) is 4.79 Å². The zero-order valence-electron chi connectivity index (χ0n) is 17.6. The maximum atomic E-state index is 12.9. The molecule has 0 aromatic carbocycles. The summed E-state index contributed by atoms with van der Waals surface area (Å²) in [6, 6.07) is 2.03. The number of hydrazone groups is 1. The predicted molar refractivity (Wildman–Crippen MR) is 118 cm³/mol. The molecule has 4 aromatic heterocycles. The summed E-state index contributed by atoms with van der Waals surface area (Å²) in [5.74, 6) is -0.0953. The Bertz CT molecular complexity index is 1300. The van der Waals surface area contributed by atoms with Gasteiger partial charge in [0.1, 0.15) is 6.33 Å². The number of nitrogens with zero attached hydrogens (tertiary/aromatic N) is 9. The van der Waals surface area contributed by atoms with Crippen LogP contribution in [0.15, 0.2) is 27.3 Å². The average molecular weight is 474 g/mol. The van der Waals surface area contributed by atoms with Crippen molar-refractivity contribution in [3.63, 3.8) is 0 Å². The first-order valence-corrected chi connectivity index (χ1v) is 11.1. The van der Waals surface area contributed by atoms with E-state index in [1.165, 1.54) is 21.3 Å². The highest BCUT2D eigenvalue weighted by molar-refractivity contribution is 7.98. The highest BCUT2D eigenvalue weighted by Gasteiger charge is 2.24. The lowest BCUT2D eigenvalue weighted by Crippen LogP contribution is -2.21. The van der Waals surface area contributed by atoms with Gasteiger partial charge in [0.15, 0.2) is 10.9 Å². The Labute approximate surface area is 190 Å². The molecule has 32 heavy (non-hydrogen) atoms. The fourth-order valence-corrected chi connectivity index (χ4v) is 4.75. The number of hydrogen-bond acceptors (Lipinski definition) is 12. The Kier molecular flexibility index (Phi) is 6.00. The van der Waals surface area contributed by atoms with Crippen LogP contribution in [0.1, 0.15) is 38.4 Å². The topological polar surface area (TPSA) is 168 Å². The largest absolute Gasteiger partial charge is 0.378 e. The molecule has 0 atom stereocenters. The second-order valence-electron chi connectivity index (χ2n) is 6.75. The lowest BCUT2D eigenvalue weighted by atomic mass is 10.2. The summed E-state index contributed by atoms with van der Waals surface area (Å²) in [5.41, 5.74) is 10.5. The van der Waals surface area contributed by atoms with Gasteiger partial charge in [0.25, 0.3) is 5.91 Å². The lowest BCUT2D eigenvalue weighted by molar-refractivity contribution is 0.0949. The first-order chi connectivity index (χ1) is 15.3. The summed E-state index contributed by atoms with van der Waals surface area (Å²) in [7, 11) is 1.82. The van der Waals surface area contributed by atoms with Gasteiger partial charge in [-0.05, 0) is 37.2 Å². The number of amides is 1. The predicted octanol–water partition coefficient (Wildman–Crippen LogP) is 1.49. The molecule has 166 valence electrons. The third-order valence-corrected chi connectivity index (χ3v) is 6.45. The van der Waals surface area contributed by atoms with Crippen molar-refractivity contribution in [2.45, 2.75) is 31.7 Å². The van der Waals surface area contributed by atoms with Crippen molar-refractivity contribution in [1.29, 1.82) is 0 Å². The summed E-state index contributed by atoms with van der Waals surface area (Å²) in [6.07, 6.45) is 1.58. The van der Waals surface area contributed by atoms with Crippen LogP contribution in [0.25, 0.3) is 5.82 Å². The normalized spacial score (nSPS) is 11.8. The second kappa shape index (κ2) is 8.88. The number of thioether (sulfide) groups is 1. The maximum Gasteiger partial charge on any atom is 0.293 e. The van der Waals surface area contributed by atoms with E-state index in [0.29, 0.717) is 16.6 Å². The number of nitrogen functional groups attached to an aromatic ring is 1. The van der Waals surface area contributed by atoms with E-state index in [1.807, 2.05) is 33.9 Å². The van der Waals surface area contributed by atoms with E-state index in [1.54, 1.807) is 22.2 Å². The number of nitrogens with one attached hydrogen (secondary N) is 1. The SMILES string of the molecule is C/C(=N/NC(=O)c1nnn(-c2nonc2N)c1CSc1nncn1C)c1cc(C)sc1C. The van der Waals surface area contributed by atoms with Gasteiger partial charge in [0.2, 0.25) is 11.6 Å². The number of thiophene rings is 1.